The highest BCUT2D eigenvalue weighted by Crippen LogP contribution is 1.99. The van der Waals surface area contributed by atoms with Crippen molar-refractivity contribution in [2.75, 3.05) is 32.7 Å². The molecule has 0 aromatic heterocycles. The van der Waals surface area contributed by atoms with Crippen molar-refractivity contribution in [1.82, 2.24) is 15.1 Å². The van der Waals surface area contributed by atoms with Gasteiger partial charge in [0.25, 0.3) is 0 Å². The van der Waals surface area contributed by atoms with Crippen molar-refractivity contribution in [1.29, 1.82) is 0 Å². The second kappa shape index (κ2) is 9.53. The van der Waals surface area contributed by atoms with Crippen LogP contribution in [0.1, 0.15) is 34.6 Å². The van der Waals surface area contributed by atoms with Gasteiger partial charge in [-0.15, -0.1) is 0 Å². The van der Waals surface area contributed by atoms with Crippen LogP contribution in [0.15, 0.2) is 12.2 Å². The molecule has 0 bridgehead atoms. The topological polar surface area (TPSA) is 52.7 Å². The quantitative estimate of drug-likeness (QED) is 0.648. The molecule has 0 aliphatic rings. The van der Waals surface area contributed by atoms with Crippen LogP contribution in [0.3, 0.4) is 0 Å². The molecular formula is C15H29N3O2. The first-order valence-corrected chi connectivity index (χ1v) is 7.23. The molecule has 1 N–H and O–H groups in total. The van der Waals surface area contributed by atoms with Crippen molar-refractivity contribution in [3.8, 4) is 0 Å². The molecule has 0 saturated heterocycles. The van der Waals surface area contributed by atoms with E-state index in [1.165, 1.54) is 0 Å². The Morgan fingerprint density at radius 1 is 1.10 bits per heavy atom. The molecule has 0 heterocycles. The molecule has 0 radical (unpaired) electrons. The zero-order chi connectivity index (χ0) is 15.7. The van der Waals surface area contributed by atoms with Gasteiger partial charge in [-0.05, 0) is 34.2 Å². The first-order chi connectivity index (χ1) is 9.29. The lowest BCUT2D eigenvalue weighted by atomic mass is 10.3. The van der Waals surface area contributed by atoms with E-state index in [0.29, 0.717) is 19.6 Å². The third kappa shape index (κ3) is 7.94. The van der Waals surface area contributed by atoms with Crippen molar-refractivity contribution in [2.24, 2.45) is 0 Å². The molecule has 116 valence electrons. The zero-order valence-corrected chi connectivity index (χ0v) is 13.5. The van der Waals surface area contributed by atoms with E-state index in [1.54, 1.807) is 4.90 Å². The van der Waals surface area contributed by atoms with Crippen molar-refractivity contribution < 1.29 is 9.59 Å². The van der Waals surface area contributed by atoms with E-state index < -0.39 is 0 Å². The lowest BCUT2D eigenvalue weighted by Crippen LogP contribution is -2.45. The molecule has 0 unspecified atom stereocenters. The maximum Gasteiger partial charge on any atom is 0.237 e. The van der Waals surface area contributed by atoms with Gasteiger partial charge in [-0.2, -0.15) is 0 Å². The number of rotatable bonds is 9. The van der Waals surface area contributed by atoms with Gasteiger partial charge in [0, 0.05) is 19.1 Å². The molecule has 0 fully saturated rings. The maximum absolute atomic E-state index is 12.2. The Hall–Kier alpha value is -1.36. The van der Waals surface area contributed by atoms with Crippen LogP contribution in [0.5, 0.6) is 0 Å². The summed E-state index contributed by atoms with van der Waals surface area (Å²) in [6, 6.07) is 0.118. The van der Waals surface area contributed by atoms with Crippen molar-refractivity contribution >= 4 is 11.8 Å². The maximum atomic E-state index is 12.2. The van der Waals surface area contributed by atoms with Crippen LogP contribution in [0, 0.1) is 0 Å². The van der Waals surface area contributed by atoms with Crippen LogP contribution in [0.2, 0.25) is 0 Å². The lowest BCUT2D eigenvalue weighted by Gasteiger charge is -2.26. The predicted molar refractivity (Wildman–Crippen MR) is 82.5 cm³/mol. The minimum atomic E-state index is -0.0439. The Bertz CT molecular complexity index is 340. The zero-order valence-electron chi connectivity index (χ0n) is 13.5. The van der Waals surface area contributed by atoms with E-state index in [0.717, 1.165) is 5.57 Å². The average Bonchev–Trinajstić information content (AvgIpc) is 2.33. The number of nitrogens with one attached hydrogen (secondary N) is 1. The Kier molecular flexibility index (Phi) is 8.88. The number of hydrogen-bond donors (Lipinski definition) is 1. The minimum Gasteiger partial charge on any atom is -0.353 e. The van der Waals surface area contributed by atoms with Crippen LogP contribution < -0.4 is 5.32 Å². The Morgan fingerprint density at radius 2 is 1.70 bits per heavy atom. The first-order valence-electron chi connectivity index (χ1n) is 7.23. The van der Waals surface area contributed by atoms with Crippen molar-refractivity contribution in [3.63, 3.8) is 0 Å². The molecule has 0 saturated carbocycles. The molecule has 0 aliphatic heterocycles. The van der Waals surface area contributed by atoms with Crippen LogP contribution in [0.4, 0.5) is 0 Å². The van der Waals surface area contributed by atoms with E-state index >= 15 is 0 Å². The minimum absolute atomic E-state index is 0.0368. The summed E-state index contributed by atoms with van der Waals surface area (Å²) in [5.41, 5.74) is 0.959. The van der Waals surface area contributed by atoms with Crippen LogP contribution in [-0.4, -0.2) is 60.4 Å². The summed E-state index contributed by atoms with van der Waals surface area (Å²) >= 11 is 0. The molecule has 0 aromatic rings. The highest BCUT2D eigenvalue weighted by molar-refractivity contribution is 5.81. The number of nitrogens with zero attached hydrogens (tertiary/aromatic N) is 2. The SMILES string of the molecule is C=C(C)CN(CC)C(=O)CN(CC)CC(=O)NC(C)C. The van der Waals surface area contributed by atoms with E-state index in [9.17, 15) is 9.59 Å². The summed E-state index contributed by atoms with van der Waals surface area (Å²) in [6.45, 7) is 15.9. The molecule has 0 aliphatic carbocycles. The van der Waals surface area contributed by atoms with E-state index in [2.05, 4.69) is 11.9 Å². The number of likely N-dealkylation sites (N-methyl/N-ethyl adjacent to an activating group) is 2. The van der Waals surface area contributed by atoms with Gasteiger partial charge in [0.15, 0.2) is 0 Å². The van der Waals surface area contributed by atoms with Gasteiger partial charge in [0.2, 0.25) is 11.8 Å². The molecule has 0 rings (SSSR count). The largest absolute Gasteiger partial charge is 0.353 e. The number of hydrogen-bond acceptors (Lipinski definition) is 3. The van der Waals surface area contributed by atoms with E-state index in [1.807, 2.05) is 39.5 Å². The summed E-state index contributed by atoms with van der Waals surface area (Å²) in [5, 5.41) is 2.84. The third-order valence-electron chi connectivity index (χ3n) is 2.82. The number of carbonyl (C=O) groups is 2. The van der Waals surface area contributed by atoms with Gasteiger partial charge in [0.05, 0.1) is 13.1 Å². The van der Waals surface area contributed by atoms with Gasteiger partial charge >= 0.3 is 0 Å². The second-order valence-corrected chi connectivity index (χ2v) is 5.39. The van der Waals surface area contributed by atoms with Crippen molar-refractivity contribution in [2.45, 2.75) is 40.7 Å². The van der Waals surface area contributed by atoms with Gasteiger partial charge in [-0.1, -0.05) is 19.1 Å². The summed E-state index contributed by atoms with van der Waals surface area (Å²) in [6.07, 6.45) is 0. The molecule has 0 spiro atoms. The molecule has 0 aromatic carbocycles. The number of amides is 2. The number of carbonyl (C=O) groups excluding carboxylic acids is 2. The standard InChI is InChI=1S/C15H29N3O2/c1-7-17(10-14(19)16-13(5)6)11-15(20)18(8-2)9-12(3)4/h13H,3,7-11H2,1-2,4-6H3,(H,16,19). The van der Waals surface area contributed by atoms with Gasteiger partial charge in [-0.3, -0.25) is 14.5 Å². The highest BCUT2D eigenvalue weighted by Gasteiger charge is 2.17. The van der Waals surface area contributed by atoms with E-state index in [-0.39, 0.29) is 30.9 Å². The second-order valence-electron chi connectivity index (χ2n) is 5.39. The molecule has 5 heteroatoms. The van der Waals surface area contributed by atoms with Crippen molar-refractivity contribution in [3.05, 3.63) is 12.2 Å². The monoisotopic (exact) mass is 283 g/mol. The summed E-state index contributed by atoms with van der Waals surface area (Å²) < 4.78 is 0. The summed E-state index contributed by atoms with van der Waals surface area (Å²) in [7, 11) is 0. The van der Waals surface area contributed by atoms with E-state index in [4.69, 9.17) is 0 Å². The normalized spacial score (nSPS) is 10.8. The highest BCUT2D eigenvalue weighted by atomic mass is 16.2. The fourth-order valence-corrected chi connectivity index (χ4v) is 1.84. The summed E-state index contributed by atoms with van der Waals surface area (Å²) in [5.74, 6) is -0.00713. The van der Waals surface area contributed by atoms with Gasteiger partial charge in [0.1, 0.15) is 0 Å². The molecular weight excluding hydrogens is 254 g/mol. The molecule has 2 amide bonds. The Labute approximate surface area is 123 Å². The molecule has 0 atom stereocenters. The average molecular weight is 283 g/mol. The Balaban J connectivity index is 4.43. The summed E-state index contributed by atoms with van der Waals surface area (Å²) in [4.78, 5) is 27.5. The first kappa shape index (κ1) is 18.6. The lowest BCUT2D eigenvalue weighted by molar-refractivity contribution is -0.132. The van der Waals surface area contributed by atoms with Crippen LogP contribution in [-0.2, 0) is 9.59 Å². The van der Waals surface area contributed by atoms with Gasteiger partial charge < -0.3 is 10.2 Å². The molecule has 20 heavy (non-hydrogen) atoms. The Morgan fingerprint density at radius 3 is 2.10 bits per heavy atom. The molecule has 5 nitrogen and oxygen atoms in total. The van der Waals surface area contributed by atoms with Crippen LogP contribution in [0.25, 0.3) is 0 Å². The van der Waals surface area contributed by atoms with Gasteiger partial charge in [-0.25, -0.2) is 0 Å². The fraction of sp³-hybridized carbons (Fsp3) is 0.733. The third-order valence-corrected chi connectivity index (χ3v) is 2.82. The predicted octanol–water partition coefficient (Wildman–Crippen LogP) is 1.26. The fourth-order valence-electron chi connectivity index (χ4n) is 1.84. The van der Waals surface area contributed by atoms with Crippen LogP contribution >= 0.6 is 0 Å². The smallest absolute Gasteiger partial charge is 0.237 e.